The molecule has 22 heavy (non-hydrogen) atoms. The summed E-state index contributed by atoms with van der Waals surface area (Å²) in [6, 6.07) is 8.26. The summed E-state index contributed by atoms with van der Waals surface area (Å²) in [4.78, 5) is 23.8. The minimum Gasteiger partial charge on any atom is -0.481 e. The number of aliphatic carboxylic acids is 1. The van der Waals surface area contributed by atoms with Crippen LogP contribution in [0.15, 0.2) is 24.3 Å². The number of hydrogen-bond donors (Lipinski definition) is 2. The van der Waals surface area contributed by atoms with Crippen molar-refractivity contribution in [1.29, 1.82) is 0 Å². The van der Waals surface area contributed by atoms with Crippen molar-refractivity contribution >= 4 is 11.9 Å². The molecule has 4 nitrogen and oxygen atoms in total. The summed E-state index contributed by atoms with van der Waals surface area (Å²) < 4.78 is 0. The first-order valence-electron chi connectivity index (χ1n) is 8.12. The van der Waals surface area contributed by atoms with Gasteiger partial charge >= 0.3 is 5.97 Å². The molecule has 0 bridgehead atoms. The van der Waals surface area contributed by atoms with Gasteiger partial charge in [-0.3, -0.25) is 9.59 Å². The van der Waals surface area contributed by atoms with E-state index in [1.165, 1.54) is 5.56 Å². The van der Waals surface area contributed by atoms with E-state index in [4.69, 9.17) is 5.11 Å². The molecule has 2 saturated carbocycles. The third-order valence-electron chi connectivity index (χ3n) is 5.28. The lowest BCUT2D eigenvalue weighted by molar-refractivity contribution is -0.146. The van der Waals surface area contributed by atoms with Gasteiger partial charge in [-0.05, 0) is 38.2 Å². The summed E-state index contributed by atoms with van der Waals surface area (Å²) in [5, 5.41) is 12.0. The summed E-state index contributed by atoms with van der Waals surface area (Å²) in [5.41, 5.74) is 1.86. The van der Waals surface area contributed by atoms with E-state index in [9.17, 15) is 9.59 Å². The van der Waals surface area contributed by atoms with Gasteiger partial charge in [0.05, 0.1) is 11.3 Å². The van der Waals surface area contributed by atoms with Crippen LogP contribution in [0.4, 0.5) is 0 Å². The Kier molecular flexibility index (Phi) is 3.94. The van der Waals surface area contributed by atoms with Gasteiger partial charge in [-0.1, -0.05) is 42.7 Å². The molecule has 1 aromatic rings. The Morgan fingerprint density at radius 1 is 1.23 bits per heavy atom. The highest BCUT2D eigenvalue weighted by atomic mass is 16.4. The Bertz CT molecular complexity index is 584. The molecule has 2 aliphatic carbocycles. The fraction of sp³-hybridized carbons (Fsp3) is 0.556. The smallest absolute Gasteiger partial charge is 0.306 e. The Labute approximate surface area is 130 Å². The molecule has 2 N–H and O–H groups in total. The molecule has 1 aromatic carbocycles. The summed E-state index contributed by atoms with van der Waals surface area (Å²) in [6.07, 6.45) is 5.04. The van der Waals surface area contributed by atoms with E-state index in [0.29, 0.717) is 12.8 Å². The van der Waals surface area contributed by atoms with Crippen LogP contribution in [0.3, 0.4) is 0 Å². The topological polar surface area (TPSA) is 66.4 Å². The molecule has 3 rings (SSSR count). The maximum absolute atomic E-state index is 12.9. The largest absolute Gasteiger partial charge is 0.481 e. The predicted molar refractivity (Wildman–Crippen MR) is 83.6 cm³/mol. The zero-order chi connectivity index (χ0) is 15.7. The highest BCUT2D eigenvalue weighted by molar-refractivity contribution is 5.89. The van der Waals surface area contributed by atoms with E-state index in [1.54, 1.807) is 0 Å². The lowest BCUT2D eigenvalue weighted by Crippen LogP contribution is -2.52. The number of amides is 1. The normalized spacial score (nSPS) is 26.2. The van der Waals surface area contributed by atoms with E-state index < -0.39 is 11.4 Å². The number of benzene rings is 1. The average molecular weight is 301 g/mol. The molecule has 0 heterocycles. The summed E-state index contributed by atoms with van der Waals surface area (Å²) in [7, 11) is 0. The zero-order valence-electron chi connectivity index (χ0n) is 13.0. The van der Waals surface area contributed by atoms with Crippen LogP contribution >= 0.6 is 0 Å². The molecular weight excluding hydrogens is 278 g/mol. The minimum atomic E-state index is -0.750. The maximum Gasteiger partial charge on any atom is 0.306 e. The number of carbonyl (C=O) groups is 2. The van der Waals surface area contributed by atoms with Crippen LogP contribution in [0.5, 0.6) is 0 Å². The van der Waals surface area contributed by atoms with Crippen LogP contribution in [0, 0.1) is 12.8 Å². The molecule has 2 aliphatic rings. The van der Waals surface area contributed by atoms with Crippen molar-refractivity contribution < 1.29 is 14.7 Å². The lowest BCUT2D eigenvalue weighted by atomic mass is 9.75. The van der Waals surface area contributed by atoms with Gasteiger partial charge in [0.15, 0.2) is 0 Å². The number of hydrogen-bond acceptors (Lipinski definition) is 2. The molecule has 0 aromatic heterocycles. The molecule has 118 valence electrons. The Morgan fingerprint density at radius 2 is 1.91 bits per heavy atom. The number of aryl methyl sites for hydroxylation is 1. The number of carboxylic acids is 1. The average Bonchev–Trinajstić information content (AvgIpc) is 2.92. The van der Waals surface area contributed by atoms with E-state index >= 15 is 0 Å². The Balaban J connectivity index is 1.74. The zero-order valence-corrected chi connectivity index (χ0v) is 13.0. The lowest BCUT2D eigenvalue weighted by Gasteiger charge is -2.37. The standard InChI is InChI=1S/C18H23NO3/c1-12-5-4-6-14(9-12)18(7-2-3-8-18)17(22)19-15-10-13(11-15)16(20)21/h4-6,9,13,15H,2-3,7-8,10-11H2,1H3,(H,19,22)(H,20,21). The molecule has 2 fully saturated rings. The minimum absolute atomic E-state index is 0.0240. The van der Waals surface area contributed by atoms with Crippen molar-refractivity contribution in [2.45, 2.75) is 56.9 Å². The quantitative estimate of drug-likeness (QED) is 0.898. The summed E-state index contributed by atoms with van der Waals surface area (Å²) in [6.45, 7) is 2.05. The first kappa shape index (κ1) is 15.1. The third kappa shape index (κ3) is 2.62. The molecular formula is C18H23NO3. The molecule has 0 aliphatic heterocycles. The van der Waals surface area contributed by atoms with Crippen molar-refractivity contribution in [1.82, 2.24) is 5.32 Å². The van der Waals surface area contributed by atoms with Crippen molar-refractivity contribution in [3.05, 3.63) is 35.4 Å². The first-order valence-corrected chi connectivity index (χ1v) is 8.12. The first-order chi connectivity index (χ1) is 10.5. The molecule has 0 saturated heterocycles. The van der Waals surface area contributed by atoms with Gasteiger partial charge in [0.1, 0.15) is 0 Å². The van der Waals surface area contributed by atoms with Crippen LogP contribution < -0.4 is 5.32 Å². The maximum atomic E-state index is 12.9. The van der Waals surface area contributed by atoms with E-state index in [-0.39, 0.29) is 17.9 Å². The van der Waals surface area contributed by atoms with Crippen molar-refractivity contribution in [2.24, 2.45) is 5.92 Å². The summed E-state index contributed by atoms with van der Waals surface area (Å²) >= 11 is 0. The third-order valence-corrected chi connectivity index (χ3v) is 5.28. The van der Waals surface area contributed by atoms with Crippen LogP contribution in [0.25, 0.3) is 0 Å². The number of carboxylic acid groups (broad SMARTS) is 1. The Hall–Kier alpha value is -1.84. The number of rotatable bonds is 4. The van der Waals surface area contributed by atoms with Crippen molar-refractivity contribution in [3.8, 4) is 0 Å². The van der Waals surface area contributed by atoms with Gasteiger partial charge < -0.3 is 10.4 Å². The fourth-order valence-electron chi connectivity index (χ4n) is 3.83. The predicted octanol–water partition coefficient (Wildman–Crippen LogP) is 2.79. The second-order valence-corrected chi connectivity index (χ2v) is 6.84. The number of nitrogens with one attached hydrogen (secondary N) is 1. The van der Waals surface area contributed by atoms with Gasteiger partial charge in [-0.2, -0.15) is 0 Å². The Morgan fingerprint density at radius 3 is 2.50 bits per heavy atom. The van der Waals surface area contributed by atoms with Gasteiger partial charge in [-0.15, -0.1) is 0 Å². The molecule has 0 atom stereocenters. The highest BCUT2D eigenvalue weighted by Gasteiger charge is 2.45. The SMILES string of the molecule is Cc1cccc(C2(C(=O)NC3CC(C(=O)O)C3)CCCC2)c1. The second-order valence-electron chi connectivity index (χ2n) is 6.84. The van der Waals surface area contributed by atoms with Gasteiger partial charge in [0, 0.05) is 6.04 Å². The molecule has 0 spiro atoms. The van der Waals surface area contributed by atoms with Gasteiger partial charge in [0.2, 0.25) is 5.91 Å². The molecule has 1 amide bonds. The monoisotopic (exact) mass is 301 g/mol. The van der Waals surface area contributed by atoms with E-state index in [2.05, 4.69) is 17.4 Å². The van der Waals surface area contributed by atoms with Crippen LogP contribution in [-0.2, 0) is 15.0 Å². The summed E-state index contributed by atoms with van der Waals surface area (Å²) in [5.74, 6) is -0.951. The van der Waals surface area contributed by atoms with Gasteiger partial charge in [0.25, 0.3) is 0 Å². The van der Waals surface area contributed by atoms with Gasteiger partial charge in [-0.25, -0.2) is 0 Å². The highest BCUT2D eigenvalue weighted by Crippen LogP contribution is 2.42. The second kappa shape index (κ2) is 5.75. The number of carbonyl (C=O) groups excluding carboxylic acids is 1. The molecule has 0 unspecified atom stereocenters. The van der Waals surface area contributed by atoms with Crippen LogP contribution in [-0.4, -0.2) is 23.0 Å². The molecule has 0 radical (unpaired) electrons. The van der Waals surface area contributed by atoms with Crippen molar-refractivity contribution in [3.63, 3.8) is 0 Å². The van der Waals surface area contributed by atoms with E-state index in [0.717, 1.165) is 31.2 Å². The van der Waals surface area contributed by atoms with Crippen molar-refractivity contribution in [2.75, 3.05) is 0 Å². The molecule has 4 heteroatoms. The van der Waals surface area contributed by atoms with Crippen LogP contribution in [0.1, 0.15) is 49.7 Å². The fourth-order valence-corrected chi connectivity index (χ4v) is 3.83. The van der Waals surface area contributed by atoms with E-state index in [1.807, 2.05) is 19.1 Å². The van der Waals surface area contributed by atoms with Crippen LogP contribution in [0.2, 0.25) is 0 Å².